The molecule has 0 saturated carbocycles. The van der Waals surface area contributed by atoms with Crippen LogP contribution in [-0.4, -0.2) is 72.3 Å². The van der Waals surface area contributed by atoms with Gasteiger partial charge in [0.1, 0.15) is 6.04 Å². The molecule has 3 unspecified atom stereocenters. The second-order valence-electron chi connectivity index (χ2n) is 10.1. The number of sulfonamides is 1. The van der Waals surface area contributed by atoms with Crippen LogP contribution in [0.3, 0.4) is 0 Å². The van der Waals surface area contributed by atoms with Crippen molar-refractivity contribution >= 4 is 21.6 Å². The van der Waals surface area contributed by atoms with Crippen LogP contribution >= 0.6 is 0 Å². The molecular weight excluding hydrogens is 522 g/mol. The maximum atomic E-state index is 13.5. The quantitative estimate of drug-likeness (QED) is 0.428. The SMILES string of the molecule is COc1cc(C(Nc2ccc(S(=O)(=O)N3CCCC(C)C3)cc2)C(=O)NCC2CCCO2)cc(OC)c1OC. The normalized spacial score (nSPS) is 20.7. The summed E-state index contributed by atoms with van der Waals surface area (Å²) in [5.41, 5.74) is 1.18. The molecule has 10 nitrogen and oxygen atoms in total. The Morgan fingerprint density at radius 1 is 1.05 bits per heavy atom. The van der Waals surface area contributed by atoms with Crippen LogP contribution in [0.15, 0.2) is 41.3 Å². The van der Waals surface area contributed by atoms with E-state index in [-0.39, 0.29) is 16.9 Å². The third-order valence-corrected chi connectivity index (χ3v) is 9.11. The lowest BCUT2D eigenvalue weighted by atomic mass is 10.0. The molecule has 2 aromatic carbocycles. The van der Waals surface area contributed by atoms with E-state index in [0.29, 0.717) is 60.7 Å². The lowest BCUT2D eigenvalue weighted by Gasteiger charge is -2.30. The molecule has 11 heteroatoms. The van der Waals surface area contributed by atoms with E-state index >= 15 is 0 Å². The highest BCUT2D eigenvalue weighted by molar-refractivity contribution is 7.89. The third kappa shape index (κ3) is 6.77. The lowest BCUT2D eigenvalue weighted by molar-refractivity contribution is -0.122. The summed E-state index contributed by atoms with van der Waals surface area (Å²) in [6.45, 7) is 4.21. The van der Waals surface area contributed by atoms with Gasteiger partial charge in [0.25, 0.3) is 0 Å². The van der Waals surface area contributed by atoms with Gasteiger partial charge in [-0.15, -0.1) is 0 Å². The molecule has 0 bridgehead atoms. The Hall–Kier alpha value is -3.02. The molecule has 39 heavy (non-hydrogen) atoms. The summed E-state index contributed by atoms with van der Waals surface area (Å²) in [5.74, 6) is 1.33. The van der Waals surface area contributed by atoms with Crippen molar-refractivity contribution < 1.29 is 32.2 Å². The number of nitrogens with zero attached hydrogens (tertiary/aromatic N) is 1. The standard InChI is InChI=1S/C28H39N3O7S/c1-19-7-5-13-31(18-19)39(33,34)23-11-9-21(10-12-23)30-26(28(32)29-17-22-8-6-14-38-22)20-15-24(35-2)27(37-4)25(16-20)36-3/h9-12,15-16,19,22,26,30H,5-8,13-14,17-18H2,1-4H3,(H,29,32). The van der Waals surface area contributed by atoms with Crippen LogP contribution in [0.2, 0.25) is 0 Å². The number of hydrogen-bond donors (Lipinski definition) is 2. The first-order chi connectivity index (χ1) is 18.8. The molecule has 0 aromatic heterocycles. The monoisotopic (exact) mass is 561 g/mol. The van der Waals surface area contributed by atoms with Gasteiger partial charge in [-0.1, -0.05) is 6.92 Å². The fraction of sp³-hybridized carbons (Fsp3) is 0.536. The Morgan fingerprint density at radius 3 is 2.31 bits per heavy atom. The third-order valence-electron chi connectivity index (χ3n) is 7.23. The van der Waals surface area contributed by atoms with Crippen molar-refractivity contribution in [3.8, 4) is 17.2 Å². The van der Waals surface area contributed by atoms with Crippen molar-refractivity contribution in [2.24, 2.45) is 5.92 Å². The zero-order valence-corrected chi connectivity index (χ0v) is 23.9. The molecule has 0 spiro atoms. The number of nitrogens with one attached hydrogen (secondary N) is 2. The summed E-state index contributed by atoms with van der Waals surface area (Å²) in [4.78, 5) is 13.7. The predicted octanol–water partition coefficient (Wildman–Crippen LogP) is 3.58. The minimum atomic E-state index is -3.59. The van der Waals surface area contributed by atoms with Crippen molar-refractivity contribution in [3.05, 3.63) is 42.0 Å². The maximum absolute atomic E-state index is 13.5. The van der Waals surface area contributed by atoms with Crippen molar-refractivity contribution in [2.45, 2.75) is 49.6 Å². The summed E-state index contributed by atoms with van der Waals surface area (Å²) in [5, 5.41) is 6.25. The van der Waals surface area contributed by atoms with Gasteiger partial charge in [0, 0.05) is 31.9 Å². The molecule has 3 atom stereocenters. The van der Waals surface area contributed by atoms with Crippen LogP contribution in [0.4, 0.5) is 5.69 Å². The van der Waals surface area contributed by atoms with Crippen LogP contribution in [0.1, 0.15) is 44.2 Å². The van der Waals surface area contributed by atoms with E-state index in [4.69, 9.17) is 18.9 Å². The number of piperidine rings is 1. The first kappa shape index (κ1) is 29.0. The average molecular weight is 562 g/mol. The summed E-state index contributed by atoms with van der Waals surface area (Å²) < 4.78 is 50.1. The highest BCUT2D eigenvalue weighted by Crippen LogP contribution is 2.40. The Labute approximate surface area is 231 Å². The van der Waals surface area contributed by atoms with E-state index in [9.17, 15) is 13.2 Å². The van der Waals surface area contributed by atoms with E-state index in [1.54, 1.807) is 40.7 Å². The molecule has 0 aliphatic carbocycles. The molecule has 2 aliphatic heterocycles. The van der Waals surface area contributed by atoms with Gasteiger partial charge in [-0.25, -0.2) is 8.42 Å². The smallest absolute Gasteiger partial charge is 0.247 e. The first-order valence-electron chi connectivity index (χ1n) is 13.3. The Balaban J connectivity index is 1.60. The zero-order chi connectivity index (χ0) is 28.0. The average Bonchev–Trinajstić information content (AvgIpc) is 3.48. The van der Waals surface area contributed by atoms with Gasteiger partial charge in [-0.3, -0.25) is 4.79 Å². The molecule has 2 aliphatic rings. The number of methoxy groups -OCH3 is 3. The summed E-state index contributed by atoms with van der Waals surface area (Å²) >= 11 is 0. The number of benzene rings is 2. The molecule has 2 N–H and O–H groups in total. The minimum absolute atomic E-state index is 0.0171. The molecule has 4 rings (SSSR count). The van der Waals surface area contributed by atoms with Crippen LogP contribution in [0.25, 0.3) is 0 Å². The van der Waals surface area contributed by atoms with Crippen molar-refractivity contribution in [3.63, 3.8) is 0 Å². The van der Waals surface area contributed by atoms with Crippen LogP contribution in [-0.2, 0) is 19.6 Å². The highest BCUT2D eigenvalue weighted by atomic mass is 32.2. The van der Waals surface area contributed by atoms with Gasteiger partial charge in [0.2, 0.25) is 21.7 Å². The van der Waals surface area contributed by atoms with Crippen molar-refractivity contribution in [1.29, 1.82) is 0 Å². The molecule has 2 saturated heterocycles. The number of ether oxygens (including phenoxy) is 4. The fourth-order valence-electron chi connectivity index (χ4n) is 5.09. The molecule has 214 valence electrons. The molecule has 2 fully saturated rings. The number of hydrogen-bond acceptors (Lipinski definition) is 8. The van der Waals surface area contributed by atoms with Gasteiger partial charge >= 0.3 is 0 Å². The van der Waals surface area contributed by atoms with Gasteiger partial charge in [-0.2, -0.15) is 4.31 Å². The lowest BCUT2D eigenvalue weighted by Crippen LogP contribution is -2.39. The summed E-state index contributed by atoms with van der Waals surface area (Å²) in [6, 6.07) is 9.13. The van der Waals surface area contributed by atoms with Gasteiger partial charge in [0.15, 0.2) is 11.5 Å². The second kappa shape index (κ2) is 12.9. The maximum Gasteiger partial charge on any atom is 0.247 e. The van der Waals surface area contributed by atoms with E-state index in [1.807, 2.05) is 0 Å². The van der Waals surface area contributed by atoms with Gasteiger partial charge < -0.3 is 29.6 Å². The summed E-state index contributed by atoms with van der Waals surface area (Å²) in [7, 11) is 0.965. The highest BCUT2D eigenvalue weighted by Gasteiger charge is 2.29. The minimum Gasteiger partial charge on any atom is -0.493 e. The van der Waals surface area contributed by atoms with Crippen LogP contribution in [0.5, 0.6) is 17.2 Å². The van der Waals surface area contributed by atoms with Gasteiger partial charge in [-0.05, 0) is 73.6 Å². The Bertz CT molecular complexity index is 1210. The van der Waals surface area contributed by atoms with E-state index < -0.39 is 16.1 Å². The Kier molecular flexibility index (Phi) is 9.58. The largest absolute Gasteiger partial charge is 0.493 e. The number of anilines is 1. The van der Waals surface area contributed by atoms with E-state index in [2.05, 4.69) is 17.6 Å². The molecule has 1 amide bonds. The first-order valence-corrected chi connectivity index (χ1v) is 14.8. The predicted molar refractivity (Wildman–Crippen MR) is 148 cm³/mol. The number of carbonyl (C=O) groups excluding carboxylic acids is 1. The second-order valence-corrected chi connectivity index (χ2v) is 12.0. The number of carbonyl (C=O) groups is 1. The molecule has 2 aromatic rings. The van der Waals surface area contributed by atoms with Crippen molar-refractivity contribution in [2.75, 3.05) is 52.9 Å². The zero-order valence-electron chi connectivity index (χ0n) is 23.1. The van der Waals surface area contributed by atoms with Gasteiger partial charge in [0.05, 0.1) is 32.3 Å². The van der Waals surface area contributed by atoms with Crippen molar-refractivity contribution in [1.82, 2.24) is 9.62 Å². The van der Waals surface area contributed by atoms with E-state index in [0.717, 1.165) is 25.7 Å². The fourth-order valence-corrected chi connectivity index (χ4v) is 6.69. The number of rotatable bonds is 11. The topological polar surface area (TPSA) is 115 Å². The van der Waals surface area contributed by atoms with Crippen LogP contribution < -0.4 is 24.8 Å². The van der Waals surface area contributed by atoms with Crippen LogP contribution in [0, 0.1) is 5.92 Å². The molecule has 2 heterocycles. The summed E-state index contributed by atoms with van der Waals surface area (Å²) in [6.07, 6.45) is 3.75. The van der Waals surface area contributed by atoms with E-state index in [1.165, 1.54) is 21.3 Å². The number of amides is 1. The Morgan fingerprint density at radius 2 is 1.74 bits per heavy atom. The molecule has 0 radical (unpaired) electrons. The molecular formula is C28H39N3O7S.